The van der Waals surface area contributed by atoms with E-state index in [4.69, 9.17) is 9.47 Å². The van der Waals surface area contributed by atoms with Crippen molar-refractivity contribution in [2.45, 2.75) is 38.5 Å². The van der Waals surface area contributed by atoms with Crippen LogP contribution in [0.3, 0.4) is 0 Å². The first-order chi connectivity index (χ1) is 6.97. The highest BCUT2D eigenvalue weighted by atomic mass is 32.2. The van der Waals surface area contributed by atoms with Crippen molar-refractivity contribution in [1.82, 2.24) is 0 Å². The van der Waals surface area contributed by atoms with Crippen LogP contribution in [0.4, 0.5) is 0 Å². The SMILES string of the molecule is COC(=O)C(C)(C)CSC1CCOC1C. The summed E-state index contributed by atoms with van der Waals surface area (Å²) in [6.45, 7) is 6.78. The molecule has 0 N–H and O–H groups in total. The van der Waals surface area contributed by atoms with Gasteiger partial charge in [-0.1, -0.05) is 0 Å². The highest BCUT2D eigenvalue weighted by molar-refractivity contribution is 8.00. The number of methoxy groups -OCH3 is 1. The Balaban J connectivity index is 2.38. The fraction of sp³-hybridized carbons (Fsp3) is 0.909. The summed E-state index contributed by atoms with van der Waals surface area (Å²) in [5, 5.41) is 0.522. The third-order valence-electron chi connectivity index (χ3n) is 2.70. The van der Waals surface area contributed by atoms with Gasteiger partial charge in [0.2, 0.25) is 0 Å². The van der Waals surface area contributed by atoms with E-state index in [1.54, 1.807) is 0 Å². The zero-order valence-corrected chi connectivity index (χ0v) is 10.7. The van der Waals surface area contributed by atoms with E-state index in [0.717, 1.165) is 18.8 Å². The molecule has 0 aliphatic carbocycles. The second-order valence-corrected chi connectivity index (χ2v) is 5.82. The molecule has 1 rings (SSSR count). The standard InChI is InChI=1S/C11H20O3S/c1-8-9(5-6-14-8)15-7-11(2,3)10(12)13-4/h8-9H,5-7H2,1-4H3. The van der Waals surface area contributed by atoms with Crippen LogP contribution >= 0.6 is 11.8 Å². The average Bonchev–Trinajstić information content (AvgIpc) is 2.60. The van der Waals surface area contributed by atoms with Gasteiger partial charge in [0, 0.05) is 17.6 Å². The largest absolute Gasteiger partial charge is 0.469 e. The first kappa shape index (κ1) is 12.8. The van der Waals surface area contributed by atoms with Crippen molar-refractivity contribution in [2.75, 3.05) is 19.5 Å². The molecule has 0 aromatic carbocycles. The summed E-state index contributed by atoms with van der Waals surface area (Å²) < 4.78 is 10.3. The van der Waals surface area contributed by atoms with Gasteiger partial charge in [-0.15, -0.1) is 0 Å². The van der Waals surface area contributed by atoms with Crippen molar-refractivity contribution >= 4 is 17.7 Å². The zero-order chi connectivity index (χ0) is 11.5. The summed E-state index contributed by atoms with van der Waals surface area (Å²) in [5.74, 6) is 0.652. The Morgan fingerprint density at radius 1 is 1.60 bits per heavy atom. The predicted octanol–water partition coefficient (Wildman–Crippen LogP) is 2.10. The molecular formula is C11H20O3S. The third-order valence-corrected chi connectivity index (χ3v) is 4.64. The quantitative estimate of drug-likeness (QED) is 0.695. The lowest BCUT2D eigenvalue weighted by Crippen LogP contribution is -2.29. The molecule has 3 nitrogen and oxygen atoms in total. The van der Waals surface area contributed by atoms with Crippen LogP contribution in [0, 0.1) is 5.41 Å². The van der Waals surface area contributed by atoms with Gasteiger partial charge in [0.05, 0.1) is 18.6 Å². The number of thioether (sulfide) groups is 1. The maximum atomic E-state index is 11.5. The van der Waals surface area contributed by atoms with Gasteiger partial charge in [0.15, 0.2) is 0 Å². The molecule has 2 unspecified atom stereocenters. The van der Waals surface area contributed by atoms with E-state index < -0.39 is 5.41 Å². The molecule has 1 heterocycles. The van der Waals surface area contributed by atoms with Crippen LogP contribution in [0.1, 0.15) is 27.2 Å². The highest BCUT2D eigenvalue weighted by Crippen LogP contribution is 2.32. The van der Waals surface area contributed by atoms with Gasteiger partial charge in [0.1, 0.15) is 0 Å². The molecule has 1 fully saturated rings. The van der Waals surface area contributed by atoms with Gasteiger partial charge in [-0.3, -0.25) is 4.79 Å². The topological polar surface area (TPSA) is 35.5 Å². The van der Waals surface area contributed by atoms with Gasteiger partial charge >= 0.3 is 5.97 Å². The lowest BCUT2D eigenvalue weighted by Gasteiger charge is -2.23. The molecule has 0 radical (unpaired) electrons. The maximum Gasteiger partial charge on any atom is 0.312 e. The van der Waals surface area contributed by atoms with Crippen molar-refractivity contribution in [2.24, 2.45) is 5.41 Å². The molecule has 4 heteroatoms. The number of hydrogen-bond donors (Lipinski definition) is 0. The number of esters is 1. The van der Waals surface area contributed by atoms with Crippen molar-refractivity contribution in [3.8, 4) is 0 Å². The van der Waals surface area contributed by atoms with Gasteiger partial charge in [-0.2, -0.15) is 11.8 Å². The summed E-state index contributed by atoms with van der Waals surface area (Å²) in [6, 6.07) is 0. The zero-order valence-electron chi connectivity index (χ0n) is 9.91. The van der Waals surface area contributed by atoms with E-state index in [0.29, 0.717) is 11.4 Å². The van der Waals surface area contributed by atoms with E-state index in [9.17, 15) is 4.79 Å². The average molecular weight is 232 g/mol. The number of hydrogen-bond acceptors (Lipinski definition) is 4. The first-order valence-electron chi connectivity index (χ1n) is 5.29. The Hall–Kier alpha value is -0.220. The molecule has 1 saturated heterocycles. The number of rotatable bonds is 4. The lowest BCUT2D eigenvalue weighted by atomic mass is 9.97. The van der Waals surface area contributed by atoms with Crippen LogP contribution in [-0.4, -0.2) is 36.8 Å². The molecule has 0 aromatic heterocycles. The van der Waals surface area contributed by atoms with Gasteiger partial charge in [0.25, 0.3) is 0 Å². The van der Waals surface area contributed by atoms with Crippen LogP contribution < -0.4 is 0 Å². The predicted molar refractivity (Wildman–Crippen MR) is 62.1 cm³/mol. The monoisotopic (exact) mass is 232 g/mol. The fourth-order valence-electron chi connectivity index (χ4n) is 1.58. The normalized spacial score (nSPS) is 26.7. The minimum Gasteiger partial charge on any atom is -0.469 e. The van der Waals surface area contributed by atoms with E-state index >= 15 is 0 Å². The van der Waals surface area contributed by atoms with Gasteiger partial charge in [-0.05, 0) is 27.2 Å². The molecule has 0 aromatic rings. The van der Waals surface area contributed by atoms with E-state index in [-0.39, 0.29) is 5.97 Å². The summed E-state index contributed by atoms with van der Waals surface area (Å²) in [7, 11) is 1.44. The first-order valence-corrected chi connectivity index (χ1v) is 6.34. The molecule has 0 amide bonds. The minimum atomic E-state index is -0.401. The van der Waals surface area contributed by atoms with Crippen molar-refractivity contribution < 1.29 is 14.3 Å². The molecule has 88 valence electrons. The van der Waals surface area contributed by atoms with Gasteiger partial charge in [-0.25, -0.2) is 0 Å². The summed E-state index contributed by atoms with van der Waals surface area (Å²) >= 11 is 1.82. The molecule has 1 aliphatic rings. The molecule has 2 atom stereocenters. The van der Waals surface area contributed by atoms with Crippen LogP contribution in [0.2, 0.25) is 0 Å². The van der Waals surface area contributed by atoms with Crippen LogP contribution in [0.25, 0.3) is 0 Å². The molecule has 0 bridgehead atoms. The van der Waals surface area contributed by atoms with Crippen LogP contribution in [-0.2, 0) is 14.3 Å². The Kier molecular flexibility index (Phi) is 4.46. The lowest BCUT2D eigenvalue weighted by molar-refractivity contribution is -0.149. The van der Waals surface area contributed by atoms with E-state index in [1.165, 1.54) is 7.11 Å². The number of carbonyl (C=O) groups excluding carboxylic acids is 1. The Bertz CT molecular complexity index is 228. The third kappa shape index (κ3) is 3.38. The summed E-state index contributed by atoms with van der Waals surface area (Å²) in [6.07, 6.45) is 1.40. The maximum absolute atomic E-state index is 11.5. The van der Waals surface area contributed by atoms with Crippen molar-refractivity contribution in [3.63, 3.8) is 0 Å². The molecule has 1 aliphatic heterocycles. The second-order valence-electron chi connectivity index (χ2n) is 4.59. The number of ether oxygens (including phenoxy) is 2. The Labute approximate surface area is 95.9 Å². The minimum absolute atomic E-state index is 0.137. The molecular weight excluding hydrogens is 212 g/mol. The smallest absolute Gasteiger partial charge is 0.312 e. The summed E-state index contributed by atoms with van der Waals surface area (Å²) in [4.78, 5) is 11.5. The molecule has 0 spiro atoms. The molecule has 15 heavy (non-hydrogen) atoms. The number of carbonyl (C=O) groups is 1. The second kappa shape index (κ2) is 5.21. The van der Waals surface area contributed by atoms with E-state index in [2.05, 4.69) is 6.92 Å². The highest BCUT2D eigenvalue weighted by Gasteiger charge is 2.32. The van der Waals surface area contributed by atoms with Gasteiger partial charge < -0.3 is 9.47 Å². The van der Waals surface area contributed by atoms with Crippen LogP contribution in [0.15, 0.2) is 0 Å². The van der Waals surface area contributed by atoms with Crippen molar-refractivity contribution in [1.29, 1.82) is 0 Å². The summed E-state index contributed by atoms with van der Waals surface area (Å²) in [5.41, 5.74) is -0.401. The Morgan fingerprint density at radius 2 is 2.27 bits per heavy atom. The fourth-order valence-corrected chi connectivity index (χ4v) is 2.94. The Morgan fingerprint density at radius 3 is 2.73 bits per heavy atom. The van der Waals surface area contributed by atoms with E-state index in [1.807, 2.05) is 25.6 Å². The van der Waals surface area contributed by atoms with Crippen molar-refractivity contribution in [3.05, 3.63) is 0 Å². The van der Waals surface area contributed by atoms with Crippen LogP contribution in [0.5, 0.6) is 0 Å². The molecule has 0 saturated carbocycles.